The second-order valence-corrected chi connectivity index (χ2v) is 8.35. The minimum Gasteiger partial charge on any atom is -0.436 e. The number of carbonyl (C=O) groups excluding carboxylic acids is 1. The second-order valence-electron chi connectivity index (χ2n) is 7.53. The molecule has 0 bridgehead atoms. The summed E-state index contributed by atoms with van der Waals surface area (Å²) in [4.78, 5) is 17.0. The molecule has 0 aliphatic carbocycles. The Kier molecular flexibility index (Phi) is 6.08. The molecule has 0 atom stereocenters. The van der Waals surface area contributed by atoms with Crippen molar-refractivity contribution in [3.63, 3.8) is 0 Å². The number of amides is 1. The summed E-state index contributed by atoms with van der Waals surface area (Å²) < 4.78 is 5.94. The summed E-state index contributed by atoms with van der Waals surface area (Å²) in [5, 5.41) is 6.15. The van der Waals surface area contributed by atoms with Gasteiger partial charge in [0.2, 0.25) is 5.89 Å². The molecule has 34 heavy (non-hydrogen) atoms. The first-order valence-electron chi connectivity index (χ1n) is 10.5. The Balaban J connectivity index is 1.30. The molecule has 0 spiro atoms. The highest BCUT2D eigenvalue weighted by Crippen LogP contribution is 2.28. The lowest BCUT2D eigenvalue weighted by Gasteiger charge is -2.10. The zero-order chi connectivity index (χ0) is 23.5. The standard InChI is InChI=1S/C27H18ClN3O2S/c28-22-9-5-4-8-21(22)25(32)31-27(34)29-20-14-15-24-23(16-20)30-26(33-24)19-12-10-18(11-13-19)17-6-2-1-3-7-17/h1-16H,(H2,29,31,32,34). The van der Waals surface area contributed by atoms with Crippen molar-refractivity contribution in [2.24, 2.45) is 0 Å². The predicted octanol–water partition coefficient (Wildman–Crippen LogP) is 6.94. The van der Waals surface area contributed by atoms with E-state index in [0.717, 1.165) is 16.7 Å². The van der Waals surface area contributed by atoms with Crippen LogP contribution in [0.5, 0.6) is 0 Å². The van der Waals surface area contributed by atoms with Gasteiger partial charge in [0.1, 0.15) is 5.52 Å². The summed E-state index contributed by atoms with van der Waals surface area (Å²) in [7, 11) is 0. The van der Waals surface area contributed by atoms with Gasteiger partial charge in [0.05, 0.1) is 10.6 Å². The van der Waals surface area contributed by atoms with Crippen LogP contribution in [0.1, 0.15) is 10.4 Å². The van der Waals surface area contributed by atoms with Gasteiger partial charge in [-0.1, -0.05) is 66.2 Å². The van der Waals surface area contributed by atoms with E-state index in [0.29, 0.717) is 33.3 Å². The fraction of sp³-hybridized carbons (Fsp3) is 0. The topological polar surface area (TPSA) is 67.2 Å². The SMILES string of the molecule is O=C(NC(=S)Nc1ccc2oc(-c3ccc(-c4ccccc4)cc3)nc2c1)c1ccccc1Cl. The average Bonchev–Trinajstić information content (AvgIpc) is 3.28. The van der Waals surface area contributed by atoms with Gasteiger partial charge in [-0.15, -0.1) is 0 Å². The van der Waals surface area contributed by atoms with Crippen molar-refractivity contribution in [3.8, 4) is 22.6 Å². The van der Waals surface area contributed by atoms with Crippen molar-refractivity contribution in [2.45, 2.75) is 0 Å². The summed E-state index contributed by atoms with van der Waals surface area (Å²) in [6.45, 7) is 0. The zero-order valence-electron chi connectivity index (χ0n) is 17.8. The average molecular weight is 484 g/mol. The van der Waals surface area contributed by atoms with Crippen LogP contribution in [-0.4, -0.2) is 16.0 Å². The lowest BCUT2D eigenvalue weighted by molar-refractivity contribution is 0.0978. The van der Waals surface area contributed by atoms with E-state index >= 15 is 0 Å². The van der Waals surface area contributed by atoms with E-state index in [4.69, 9.17) is 28.2 Å². The number of hydrogen-bond acceptors (Lipinski definition) is 4. The van der Waals surface area contributed by atoms with E-state index in [1.54, 1.807) is 24.3 Å². The molecule has 0 saturated carbocycles. The van der Waals surface area contributed by atoms with Gasteiger partial charge in [-0.25, -0.2) is 4.98 Å². The van der Waals surface area contributed by atoms with Crippen LogP contribution in [0.25, 0.3) is 33.7 Å². The molecule has 0 aliphatic rings. The normalized spacial score (nSPS) is 10.7. The molecule has 1 aromatic heterocycles. The van der Waals surface area contributed by atoms with E-state index in [9.17, 15) is 4.79 Å². The van der Waals surface area contributed by atoms with Gasteiger partial charge in [-0.3, -0.25) is 10.1 Å². The van der Waals surface area contributed by atoms with E-state index in [1.165, 1.54) is 0 Å². The summed E-state index contributed by atoms with van der Waals surface area (Å²) in [5.74, 6) is 0.146. The number of carbonyl (C=O) groups is 1. The number of oxazole rings is 1. The number of halogens is 1. The summed E-state index contributed by atoms with van der Waals surface area (Å²) in [6.07, 6.45) is 0. The number of anilines is 1. The van der Waals surface area contributed by atoms with E-state index in [2.05, 4.69) is 27.8 Å². The monoisotopic (exact) mass is 483 g/mol. The number of hydrogen-bond donors (Lipinski definition) is 2. The number of aromatic nitrogens is 1. The lowest BCUT2D eigenvalue weighted by Crippen LogP contribution is -2.34. The van der Waals surface area contributed by atoms with Crippen LogP contribution >= 0.6 is 23.8 Å². The fourth-order valence-corrected chi connectivity index (χ4v) is 3.97. The Morgan fingerprint density at radius 3 is 2.26 bits per heavy atom. The van der Waals surface area contributed by atoms with Crippen molar-refractivity contribution >= 4 is 51.6 Å². The number of benzene rings is 4. The van der Waals surface area contributed by atoms with Crippen molar-refractivity contribution < 1.29 is 9.21 Å². The van der Waals surface area contributed by atoms with Crippen molar-refractivity contribution in [2.75, 3.05) is 5.32 Å². The van der Waals surface area contributed by atoms with Crippen LogP contribution < -0.4 is 10.6 Å². The number of nitrogens with zero attached hydrogens (tertiary/aromatic N) is 1. The highest BCUT2D eigenvalue weighted by atomic mass is 35.5. The van der Waals surface area contributed by atoms with Crippen LogP contribution in [-0.2, 0) is 0 Å². The van der Waals surface area contributed by atoms with Crippen molar-refractivity contribution in [1.29, 1.82) is 0 Å². The van der Waals surface area contributed by atoms with Gasteiger partial charge < -0.3 is 9.73 Å². The number of rotatable bonds is 4. The lowest BCUT2D eigenvalue weighted by atomic mass is 10.0. The first kappa shape index (κ1) is 21.8. The third kappa shape index (κ3) is 4.69. The van der Waals surface area contributed by atoms with Gasteiger partial charge in [0.15, 0.2) is 10.7 Å². The maximum absolute atomic E-state index is 12.4. The van der Waals surface area contributed by atoms with Crippen LogP contribution in [0.15, 0.2) is 101 Å². The van der Waals surface area contributed by atoms with Gasteiger partial charge in [0.25, 0.3) is 5.91 Å². The highest BCUT2D eigenvalue weighted by Gasteiger charge is 2.13. The molecule has 5 rings (SSSR count). The quantitative estimate of drug-likeness (QED) is 0.271. The largest absolute Gasteiger partial charge is 0.436 e. The molecule has 1 heterocycles. The first-order valence-corrected chi connectivity index (χ1v) is 11.3. The number of fused-ring (bicyclic) bond motifs is 1. The van der Waals surface area contributed by atoms with E-state index in [-0.39, 0.29) is 11.0 Å². The molecule has 5 nitrogen and oxygen atoms in total. The summed E-state index contributed by atoms with van der Waals surface area (Å²) in [6, 6.07) is 30.5. The van der Waals surface area contributed by atoms with Crippen molar-refractivity contribution in [1.82, 2.24) is 10.3 Å². The minimum atomic E-state index is -0.383. The molecule has 4 aromatic carbocycles. The smallest absolute Gasteiger partial charge is 0.258 e. The van der Waals surface area contributed by atoms with Crippen LogP contribution in [0.3, 0.4) is 0 Å². The maximum atomic E-state index is 12.4. The molecule has 0 fully saturated rings. The number of nitrogens with one attached hydrogen (secondary N) is 2. The molecule has 166 valence electrons. The Morgan fingerprint density at radius 1 is 0.824 bits per heavy atom. The fourth-order valence-electron chi connectivity index (χ4n) is 3.54. The van der Waals surface area contributed by atoms with Crippen LogP contribution in [0.2, 0.25) is 5.02 Å². The van der Waals surface area contributed by atoms with Gasteiger partial charge >= 0.3 is 0 Å². The van der Waals surface area contributed by atoms with Gasteiger partial charge in [-0.2, -0.15) is 0 Å². The third-order valence-corrected chi connectivity index (χ3v) is 5.76. The predicted molar refractivity (Wildman–Crippen MR) is 140 cm³/mol. The van der Waals surface area contributed by atoms with Crippen LogP contribution in [0, 0.1) is 0 Å². The highest BCUT2D eigenvalue weighted by molar-refractivity contribution is 7.80. The molecule has 7 heteroatoms. The third-order valence-electron chi connectivity index (χ3n) is 5.23. The molecular weight excluding hydrogens is 466 g/mol. The first-order chi connectivity index (χ1) is 16.6. The molecule has 0 aliphatic heterocycles. The van der Waals surface area contributed by atoms with E-state index in [1.807, 2.05) is 60.7 Å². The second kappa shape index (κ2) is 9.47. The molecule has 2 N–H and O–H groups in total. The van der Waals surface area contributed by atoms with Gasteiger partial charge in [-0.05, 0) is 65.8 Å². The molecule has 0 saturated heterocycles. The summed E-state index contributed by atoms with van der Waals surface area (Å²) in [5.41, 5.74) is 5.51. The molecular formula is C27H18ClN3O2S. The number of thiocarbonyl (C=S) groups is 1. The Morgan fingerprint density at radius 2 is 1.50 bits per heavy atom. The Bertz CT molecular complexity index is 1500. The Hall–Kier alpha value is -4.00. The minimum absolute atomic E-state index is 0.157. The molecule has 0 unspecified atom stereocenters. The van der Waals surface area contributed by atoms with Gasteiger partial charge in [0, 0.05) is 11.3 Å². The van der Waals surface area contributed by atoms with Crippen LogP contribution in [0.4, 0.5) is 5.69 Å². The van der Waals surface area contributed by atoms with Crippen molar-refractivity contribution in [3.05, 3.63) is 108 Å². The molecule has 5 aromatic rings. The summed E-state index contributed by atoms with van der Waals surface area (Å²) >= 11 is 11.4. The zero-order valence-corrected chi connectivity index (χ0v) is 19.4. The maximum Gasteiger partial charge on any atom is 0.258 e. The molecule has 1 amide bonds. The Labute approximate surface area is 206 Å². The molecule has 0 radical (unpaired) electrons. The van der Waals surface area contributed by atoms with E-state index < -0.39 is 0 Å².